The molecule has 19 heavy (non-hydrogen) atoms. The molecule has 0 spiro atoms. The van der Waals surface area contributed by atoms with Crippen LogP contribution in [0.4, 0.5) is 5.69 Å². The smallest absolute Gasteiger partial charge is 0.123 e. The van der Waals surface area contributed by atoms with E-state index < -0.39 is 0 Å². The van der Waals surface area contributed by atoms with Crippen molar-refractivity contribution in [1.29, 1.82) is 0 Å². The first-order valence-electron chi connectivity index (χ1n) is 6.89. The Kier molecular flexibility index (Phi) is 3.41. The van der Waals surface area contributed by atoms with Gasteiger partial charge in [0.2, 0.25) is 0 Å². The lowest BCUT2D eigenvalue weighted by atomic mass is 9.79. The van der Waals surface area contributed by atoms with Crippen molar-refractivity contribution in [3.63, 3.8) is 0 Å². The SMILES string of the molecule is Nc1ccc(OCc2ccccc2)c(C2CCC2)c1. The van der Waals surface area contributed by atoms with E-state index in [1.807, 2.05) is 30.3 Å². The standard InChI is InChI=1S/C17H19NO/c18-15-9-10-17(16(11-15)14-7-4-8-14)19-12-13-5-2-1-3-6-13/h1-3,5-6,9-11,14H,4,7-8,12,18H2. The molecular formula is C17H19NO. The van der Waals surface area contributed by atoms with Crippen LogP contribution in [0.15, 0.2) is 48.5 Å². The number of hydrogen-bond donors (Lipinski definition) is 1. The third kappa shape index (κ3) is 2.73. The third-order valence-electron chi connectivity index (χ3n) is 3.82. The van der Waals surface area contributed by atoms with E-state index in [1.54, 1.807) is 0 Å². The van der Waals surface area contributed by atoms with E-state index in [1.165, 1.54) is 30.4 Å². The molecule has 2 aromatic rings. The maximum absolute atomic E-state index is 5.98. The Morgan fingerprint density at radius 2 is 1.84 bits per heavy atom. The molecule has 1 fully saturated rings. The first kappa shape index (κ1) is 12.1. The maximum atomic E-state index is 5.98. The van der Waals surface area contributed by atoms with Gasteiger partial charge < -0.3 is 10.5 Å². The van der Waals surface area contributed by atoms with Crippen LogP contribution in [-0.2, 0) is 6.61 Å². The number of anilines is 1. The lowest BCUT2D eigenvalue weighted by molar-refractivity contribution is 0.294. The molecular weight excluding hydrogens is 234 g/mol. The topological polar surface area (TPSA) is 35.2 Å². The largest absolute Gasteiger partial charge is 0.489 e. The highest BCUT2D eigenvalue weighted by atomic mass is 16.5. The van der Waals surface area contributed by atoms with Gasteiger partial charge in [-0.1, -0.05) is 36.8 Å². The van der Waals surface area contributed by atoms with Crippen molar-refractivity contribution >= 4 is 5.69 Å². The molecule has 0 heterocycles. The molecule has 2 heteroatoms. The highest BCUT2D eigenvalue weighted by molar-refractivity contribution is 5.49. The lowest BCUT2D eigenvalue weighted by Crippen LogP contribution is -2.11. The van der Waals surface area contributed by atoms with Crippen LogP contribution >= 0.6 is 0 Å². The number of benzene rings is 2. The van der Waals surface area contributed by atoms with Gasteiger partial charge in [-0.2, -0.15) is 0 Å². The average molecular weight is 253 g/mol. The summed E-state index contributed by atoms with van der Waals surface area (Å²) in [6.45, 7) is 0.616. The summed E-state index contributed by atoms with van der Waals surface area (Å²) in [5, 5.41) is 0. The number of nitrogens with two attached hydrogens (primary N) is 1. The summed E-state index contributed by atoms with van der Waals surface area (Å²) < 4.78 is 5.98. The lowest BCUT2D eigenvalue weighted by Gasteiger charge is -2.28. The highest BCUT2D eigenvalue weighted by Crippen LogP contribution is 2.41. The molecule has 1 aliphatic carbocycles. The first-order chi connectivity index (χ1) is 9.33. The Morgan fingerprint density at radius 3 is 2.53 bits per heavy atom. The van der Waals surface area contributed by atoms with E-state index in [9.17, 15) is 0 Å². The van der Waals surface area contributed by atoms with Gasteiger partial charge in [0.25, 0.3) is 0 Å². The van der Waals surface area contributed by atoms with Gasteiger partial charge in [-0.15, -0.1) is 0 Å². The first-order valence-corrected chi connectivity index (χ1v) is 6.89. The second-order valence-corrected chi connectivity index (χ2v) is 5.20. The molecule has 2 nitrogen and oxygen atoms in total. The monoisotopic (exact) mass is 253 g/mol. The molecule has 0 aliphatic heterocycles. The summed E-state index contributed by atoms with van der Waals surface area (Å²) in [5.74, 6) is 1.62. The average Bonchev–Trinajstić information content (AvgIpc) is 2.37. The molecule has 0 unspecified atom stereocenters. The Labute approximate surface area is 114 Å². The zero-order valence-electron chi connectivity index (χ0n) is 11.0. The van der Waals surface area contributed by atoms with Gasteiger partial charge in [-0.05, 0) is 48.1 Å². The van der Waals surface area contributed by atoms with Crippen LogP contribution in [0.25, 0.3) is 0 Å². The van der Waals surface area contributed by atoms with Crippen LogP contribution in [-0.4, -0.2) is 0 Å². The quantitative estimate of drug-likeness (QED) is 0.832. The van der Waals surface area contributed by atoms with Crippen LogP contribution < -0.4 is 10.5 Å². The fourth-order valence-electron chi connectivity index (χ4n) is 2.47. The molecule has 0 saturated heterocycles. The molecule has 0 aromatic heterocycles. The Bertz CT molecular complexity index is 546. The Hall–Kier alpha value is -1.96. The van der Waals surface area contributed by atoms with Crippen molar-refractivity contribution in [3.05, 3.63) is 59.7 Å². The van der Waals surface area contributed by atoms with Crippen molar-refractivity contribution in [2.24, 2.45) is 0 Å². The van der Waals surface area contributed by atoms with Crippen molar-refractivity contribution in [1.82, 2.24) is 0 Å². The van der Waals surface area contributed by atoms with Gasteiger partial charge >= 0.3 is 0 Å². The zero-order valence-corrected chi connectivity index (χ0v) is 11.0. The fraction of sp³-hybridized carbons (Fsp3) is 0.294. The predicted molar refractivity (Wildman–Crippen MR) is 78.2 cm³/mol. The Balaban J connectivity index is 1.76. The summed E-state index contributed by atoms with van der Waals surface area (Å²) in [6, 6.07) is 16.3. The van der Waals surface area contributed by atoms with Gasteiger partial charge in [0, 0.05) is 5.69 Å². The molecule has 0 atom stereocenters. The number of ether oxygens (including phenoxy) is 1. The van der Waals surface area contributed by atoms with E-state index in [-0.39, 0.29) is 0 Å². The van der Waals surface area contributed by atoms with Crippen molar-refractivity contribution < 1.29 is 4.74 Å². The van der Waals surface area contributed by atoms with Crippen molar-refractivity contribution in [2.75, 3.05) is 5.73 Å². The number of hydrogen-bond acceptors (Lipinski definition) is 2. The van der Waals surface area contributed by atoms with Gasteiger partial charge in [-0.3, -0.25) is 0 Å². The summed E-state index contributed by atoms with van der Waals surface area (Å²) in [5.41, 5.74) is 9.20. The molecule has 2 aromatic carbocycles. The minimum atomic E-state index is 0.616. The van der Waals surface area contributed by atoms with Crippen LogP contribution in [0.1, 0.15) is 36.3 Å². The van der Waals surface area contributed by atoms with E-state index in [0.717, 1.165) is 11.4 Å². The summed E-state index contributed by atoms with van der Waals surface area (Å²) in [6.07, 6.45) is 3.83. The van der Waals surface area contributed by atoms with E-state index in [4.69, 9.17) is 10.5 Å². The molecule has 0 bridgehead atoms. The van der Waals surface area contributed by atoms with Crippen LogP contribution in [0.5, 0.6) is 5.75 Å². The number of rotatable bonds is 4. The molecule has 1 saturated carbocycles. The van der Waals surface area contributed by atoms with Gasteiger partial charge in [0.15, 0.2) is 0 Å². The molecule has 1 aliphatic rings. The second-order valence-electron chi connectivity index (χ2n) is 5.20. The second kappa shape index (κ2) is 5.35. The molecule has 0 amide bonds. The fourth-order valence-corrected chi connectivity index (χ4v) is 2.47. The molecule has 3 rings (SSSR count). The van der Waals surface area contributed by atoms with Crippen molar-refractivity contribution in [3.8, 4) is 5.75 Å². The van der Waals surface area contributed by atoms with Crippen LogP contribution in [0.2, 0.25) is 0 Å². The summed E-state index contributed by atoms with van der Waals surface area (Å²) in [4.78, 5) is 0. The minimum Gasteiger partial charge on any atom is -0.489 e. The summed E-state index contributed by atoms with van der Waals surface area (Å²) in [7, 11) is 0. The van der Waals surface area contributed by atoms with Crippen molar-refractivity contribution in [2.45, 2.75) is 31.8 Å². The van der Waals surface area contributed by atoms with E-state index in [0.29, 0.717) is 12.5 Å². The predicted octanol–water partition coefficient (Wildman–Crippen LogP) is 4.12. The third-order valence-corrected chi connectivity index (χ3v) is 3.82. The molecule has 0 radical (unpaired) electrons. The molecule has 98 valence electrons. The van der Waals surface area contributed by atoms with Crippen LogP contribution in [0.3, 0.4) is 0 Å². The van der Waals surface area contributed by atoms with Gasteiger partial charge in [-0.25, -0.2) is 0 Å². The highest BCUT2D eigenvalue weighted by Gasteiger charge is 2.23. The van der Waals surface area contributed by atoms with Gasteiger partial charge in [0.1, 0.15) is 12.4 Å². The summed E-state index contributed by atoms with van der Waals surface area (Å²) >= 11 is 0. The maximum Gasteiger partial charge on any atom is 0.123 e. The number of nitrogen functional groups attached to an aromatic ring is 1. The molecule has 2 N–H and O–H groups in total. The van der Waals surface area contributed by atoms with Crippen LogP contribution in [0, 0.1) is 0 Å². The normalized spacial score (nSPS) is 14.9. The van der Waals surface area contributed by atoms with Gasteiger partial charge in [0.05, 0.1) is 0 Å². The van der Waals surface area contributed by atoms with E-state index >= 15 is 0 Å². The minimum absolute atomic E-state index is 0.616. The Morgan fingerprint density at radius 1 is 1.05 bits per heavy atom. The zero-order chi connectivity index (χ0) is 13.1. The van der Waals surface area contributed by atoms with E-state index in [2.05, 4.69) is 18.2 Å².